The molecule has 0 aliphatic rings. The maximum atomic E-state index is 12.6. The van der Waals surface area contributed by atoms with E-state index in [1.165, 1.54) is 32.0 Å². The van der Waals surface area contributed by atoms with Gasteiger partial charge in [-0.2, -0.15) is 8.42 Å². The van der Waals surface area contributed by atoms with Gasteiger partial charge in [0, 0.05) is 0 Å². The monoisotopic (exact) mass is 428 g/mol. The molecule has 0 aliphatic carbocycles. The van der Waals surface area contributed by atoms with Crippen LogP contribution in [0, 0.1) is 0 Å². The number of esters is 1. The minimum Gasteiger partial charge on any atom is -0.495 e. The Morgan fingerprint density at radius 2 is 1.85 bits per heavy atom. The molecule has 8 nitrogen and oxygen atoms in total. The SMILES string of the molecule is COC(=O)Cn1/c(=N/S(=O)(=O)c2cccs2)sc2c(OC)ccc(OC)c21. The summed E-state index contributed by atoms with van der Waals surface area (Å²) in [6, 6.07) is 6.49. The summed E-state index contributed by atoms with van der Waals surface area (Å²) >= 11 is 2.16. The van der Waals surface area contributed by atoms with Gasteiger partial charge < -0.3 is 18.8 Å². The number of rotatable bonds is 6. The van der Waals surface area contributed by atoms with Gasteiger partial charge in [-0.1, -0.05) is 17.4 Å². The van der Waals surface area contributed by atoms with Crippen LogP contribution >= 0.6 is 22.7 Å². The third-order valence-corrected chi connectivity index (χ3v) is 7.50. The van der Waals surface area contributed by atoms with Crippen LogP contribution in [0.1, 0.15) is 0 Å². The molecule has 0 bridgehead atoms. The van der Waals surface area contributed by atoms with E-state index in [1.807, 2.05) is 0 Å². The summed E-state index contributed by atoms with van der Waals surface area (Å²) in [5, 5.41) is 1.65. The number of thiophene rings is 1. The first-order valence-electron chi connectivity index (χ1n) is 7.57. The first-order valence-corrected chi connectivity index (χ1v) is 10.7. The number of nitrogens with zero attached hydrogens (tertiary/aromatic N) is 2. The van der Waals surface area contributed by atoms with Crippen LogP contribution in [0.15, 0.2) is 38.3 Å². The van der Waals surface area contributed by atoms with Gasteiger partial charge in [0.2, 0.25) is 4.80 Å². The van der Waals surface area contributed by atoms with E-state index in [0.717, 1.165) is 22.7 Å². The van der Waals surface area contributed by atoms with Gasteiger partial charge in [-0.05, 0) is 23.6 Å². The molecule has 3 rings (SSSR count). The molecule has 11 heteroatoms. The molecule has 0 radical (unpaired) electrons. The quantitative estimate of drug-likeness (QED) is 0.559. The Balaban J connectivity index is 2.36. The number of sulfonamides is 1. The second kappa shape index (κ2) is 7.71. The van der Waals surface area contributed by atoms with Crippen LogP contribution in [0.25, 0.3) is 10.2 Å². The fraction of sp³-hybridized carbons (Fsp3) is 0.250. The summed E-state index contributed by atoms with van der Waals surface area (Å²) in [7, 11) is 0.327. The van der Waals surface area contributed by atoms with Crippen LogP contribution in [-0.4, -0.2) is 40.3 Å². The molecule has 0 N–H and O–H groups in total. The Hall–Kier alpha value is -2.37. The lowest BCUT2D eigenvalue weighted by Gasteiger charge is -2.09. The average Bonchev–Trinajstić information content (AvgIpc) is 3.30. The number of carbonyl (C=O) groups is 1. The van der Waals surface area contributed by atoms with Gasteiger partial charge in [-0.15, -0.1) is 15.7 Å². The molecule has 1 aromatic carbocycles. The van der Waals surface area contributed by atoms with Gasteiger partial charge in [-0.25, -0.2) is 0 Å². The molecule has 0 atom stereocenters. The third-order valence-electron chi connectivity index (χ3n) is 3.65. The Labute approximate surface area is 163 Å². The lowest BCUT2D eigenvalue weighted by molar-refractivity contribution is -0.141. The normalized spacial score (nSPS) is 12.3. The number of methoxy groups -OCH3 is 3. The second-order valence-corrected chi connectivity index (χ2v) is 8.95. The standard InChI is InChI=1S/C16H16N2O6S3/c1-22-10-6-7-11(23-2)15-14(10)18(9-12(19)24-3)16(26-15)17-27(20,21)13-5-4-8-25-13/h4-8H,9H2,1-3H3/b17-16-. The highest BCUT2D eigenvalue weighted by Crippen LogP contribution is 2.35. The van der Waals surface area contributed by atoms with Crippen molar-refractivity contribution in [2.75, 3.05) is 21.3 Å². The lowest BCUT2D eigenvalue weighted by Crippen LogP contribution is -2.22. The van der Waals surface area contributed by atoms with Gasteiger partial charge in [0.15, 0.2) is 0 Å². The van der Waals surface area contributed by atoms with Crippen molar-refractivity contribution in [3.8, 4) is 11.5 Å². The first-order chi connectivity index (χ1) is 12.9. The van der Waals surface area contributed by atoms with Gasteiger partial charge >= 0.3 is 5.97 Å². The van der Waals surface area contributed by atoms with E-state index in [0.29, 0.717) is 21.7 Å². The van der Waals surface area contributed by atoms with E-state index in [1.54, 1.807) is 23.6 Å². The summed E-state index contributed by atoms with van der Waals surface area (Å²) < 4.78 is 46.9. The first kappa shape index (κ1) is 19.4. The summed E-state index contributed by atoms with van der Waals surface area (Å²) in [6.45, 7) is -0.223. The van der Waals surface area contributed by atoms with E-state index < -0.39 is 16.0 Å². The molecular weight excluding hydrogens is 412 g/mol. The zero-order chi connectivity index (χ0) is 19.6. The van der Waals surface area contributed by atoms with Crippen molar-refractivity contribution < 1.29 is 27.4 Å². The molecule has 0 spiro atoms. The highest BCUT2D eigenvalue weighted by Gasteiger charge is 2.21. The molecule has 0 aliphatic heterocycles. The number of fused-ring (bicyclic) bond motifs is 1. The van der Waals surface area contributed by atoms with Crippen LogP contribution < -0.4 is 14.3 Å². The number of benzene rings is 1. The van der Waals surface area contributed by atoms with Crippen LogP contribution in [0.3, 0.4) is 0 Å². The Kier molecular flexibility index (Phi) is 5.53. The van der Waals surface area contributed by atoms with Crippen molar-refractivity contribution in [2.45, 2.75) is 10.8 Å². The smallest absolute Gasteiger partial charge is 0.325 e. The van der Waals surface area contributed by atoms with E-state index in [4.69, 9.17) is 14.2 Å². The number of aromatic nitrogens is 1. The fourth-order valence-corrected chi connectivity index (χ4v) is 5.73. The third kappa shape index (κ3) is 3.70. The number of thiazole rings is 1. The molecule has 0 saturated heterocycles. The lowest BCUT2D eigenvalue weighted by atomic mass is 10.3. The van der Waals surface area contributed by atoms with Gasteiger partial charge in [-0.3, -0.25) is 4.79 Å². The van der Waals surface area contributed by atoms with E-state index in [9.17, 15) is 13.2 Å². The predicted octanol–water partition coefficient (Wildman–Crippen LogP) is 2.24. The molecule has 3 aromatic rings. The van der Waals surface area contributed by atoms with E-state index >= 15 is 0 Å². The van der Waals surface area contributed by atoms with Crippen molar-refractivity contribution in [2.24, 2.45) is 4.40 Å². The van der Waals surface area contributed by atoms with Crippen molar-refractivity contribution in [3.63, 3.8) is 0 Å². The van der Waals surface area contributed by atoms with Crippen LogP contribution in [0.5, 0.6) is 11.5 Å². The highest BCUT2D eigenvalue weighted by atomic mass is 32.2. The average molecular weight is 429 g/mol. The maximum Gasteiger partial charge on any atom is 0.325 e. The number of hydrogen-bond acceptors (Lipinski definition) is 8. The summed E-state index contributed by atoms with van der Waals surface area (Å²) in [6.07, 6.45) is 0. The molecule has 0 unspecified atom stereocenters. The highest BCUT2D eigenvalue weighted by molar-refractivity contribution is 7.92. The second-order valence-electron chi connectivity index (χ2n) is 5.19. The molecule has 0 amide bonds. The van der Waals surface area contributed by atoms with Crippen LogP contribution in [0.2, 0.25) is 0 Å². The van der Waals surface area contributed by atoms with Crippen molar-refractivity contribution in [1.82, 2.24) is 4.57 Å². The minimum atomic E-state index is -3.92. The molecular formula is C16H16N2O6S3. The van der Waals surface area contributed by atoms with Crippen LogP contribution in [0.4, 0.5) is 0 Å². The van der Waals surface area contributed by atoms with Crippen molar-refractivity contribution >= 4 is 48.9 Å². The van der Waals surface area contributed by atoms with Gasteiger partial charge in [0.1, 0.15) is 32.5 Å². The summed E-state index contributed by atoms with van der Waals surface area (Å²) in [4.78, 5) is 12.0. The maximum absolute atomic E-state index is 12.6. The Bertz CT molecular complexity index is 1140. The zero-order valence-electron chi connectivity index (χ0n) is 14.7. The van der Waals surface area contributed by atoms with Gasteiger partial charge in [0.05, 0.1) is 21.3 Å². The largest absolute Gasteiger partial charge is 0.495 e. The number of hydrogen-bond donors (Lipinski definition) is 0. The Morgan fingerprint density at radius 1 is 1.15 bits per heavy atom. The summed E-state index contributed by atoms with van der Waals surface area (Å²) in [5.74, 6) is 0.430. The van der Waals surface area contributed by atoms with Crippen molar-refractivity contribution in [3.05, 3.63) is 34.4 Å². The predicted molar refractivity (Wildman–Crippen MR) is 102 cm³/mol. The number of ether oxygens (including phenoxy) is 3. The van der Waals surface area contributed by atoms with E-state index in [-0.39, 0.29) is 15.6 Å². The van der Waals surface area contributed by atoms with E-state index in [2.05, 4.69) is 4.40 Å². The van der Waals surface area contributed by atoms with Crippen LogP contribution in [-0.2, 0) is 26.1 Å². The molecule has 2 aromatic heterocycles. The molecule has 2 heterocycles. The topological polar surface area (TPSA) is 96.2 Å². The Morgan fingerprint density at radius 3 is 2.44 bits per heavy atom. The summed E-state index contributed by atoms with van der Waals surface area (Å²) in [5.41, 5.74) is 0.507. The molecule has 27 heavy (non-hydrogen) atoms. The number of carbonyl (C=O) groups excluding carboxylic acids is 1. The molecule has 144 valence electrons. The fourth-order valence-electron chi connectivity index (χ4n) is 2.42. The minimum absolute atomic E-state index is 0.114. The van der Waals surface area contributed by atoms with Crippen molar-refractivity contribution in [1.29, 1.82) is 0 Å². The van der Waals surface area contributed by atoms with Gasteiger partial charge in [0.25, 0.3) is 10.0 Å². The molecule has 0 saturated carbocycles. The molecule has 0 fully saturated rings. The zero-order valence-corrected chi connectivity index (χ0v) is 17.1.